The van der Waals surface area contributed by atoms with Crippen molar-refractivity contribution in [1.29, 1.82) is 0 Å². The molecule has 7 heteroatoms. The SMILES string of the molecule is CCC1(COC2CC3(C)CC2CCC3OCC(CC)(CO)COC2CC3(C)CC2CCC3OCC2(CC)COC2)COC1. The number of hydrogen-bond donors (Lipinski definition) is 1. The third kappa shape index (κ3) is 6.36. The van der Waals surface area contributed by atoms with Gasteiger partial charge in [-0.25, -0.2) is 0 Å². The van der Waals surface area contributed by atoms with Crippen molar-refractivity contribution in [2.75, 3.05) is 59.5 Å². The highest BCUT2D eigenvalue weighted by Crippen LogP contribution is 2.55. The summed E-state index contributed by atoms with van der Waals surface area (Å²) in [5, 5.41) is 10.7. The van der Waals surface area contributed by atoms with Crippen LogP contribution in [0.4, 0.5) is 0 Å². The lowest BCUT2D eigenvalue weighted by Crippen LogP contribution is -2.48. The minimum absolute atomic E-state index is 0.101. The molecule has 7 nitrogen and oxygen atoms in total. The van der Waals surface area contributed by atoms with Crippen LogP contribution in [0.5, 0.6) is 0 Å². The number of hydrogen-bond acceptors (Lipinski definition) is 7. The van der Waals surface area contributed by atoms with Crippen molar-refractivity contribution in [3.05, 3.63) is 0 Å². The largest absolute Gasteiger partial charge is 0.396 e. The van der Waals surface area contributed by atoms with E-state index < -0.39 is 0 Å². The lowest BCUT2D eigenvalue weighted by molar-refractivity contribution is -0.176. The Hall–Kier alpha value is -0.280. The summed E-state index contributed by atoms with van der Waals surface area (Å²) in [5.41, 5.74) is 0.434. The first kappa shape index (κ1) is 32.7. The molecule has 0 aromatic carbocycles. The van der Waals surface area contributed by atoms with Crippen LogP contribution in [-0.2, 0) is 28.4 Å². The van der Waals surface area contributed by atoms with E-state index in [1.165, 1.54) is 25.7 Å². The maximum absolute atomic E-state index is 10.7. The molecule has 6 rings (SSSR count). The van der Waals surface area contributed by atoms with Gasteiger partial charge in [0.15, 0.2) is 0 Å². The average Bonchev–Trinajstić information content (AvgIpc) is 3.39. The monoisotopic (exact) mass is 606 g/mol. The first-order chi connectivity index (χ1) is 20.6. The first-order valence-corrected chi connectivity index (χ1v) is 17.9. The zero-order valence-corrected chi connectivity index (χ0v) is 28.0. The lowest BCUT2D eigenvalue weighted by Gasteiger charge is -2.44. The molecule has 2 aliphatic heterocycles. The summed E-state index contributed by atoms with van der Waals surface area (Å²) < 4.78 is 37.8. The van der Waals surface area contributed by atoms with Gasteiger partial charge in [0.2, 0.25) is 0 Å². The Bertz CT molecular complexity index is 918. The summed E-state index contributed by atoms with van der Waals surface area (Å²) in [5.74, 6) is 1.23. The zero-order chi connectivity index (χ0) is 30.3. The number of ether oxygens (including phenoxy) is 6. The molecule has 2 heterocycles. The molecule has 4 saturated carbocycles. The molecule has 6 aliphatic rings. The normalized spacial score (nSPS) is 42.3. The van der Waals surface area contributed by atoms with E-state index in [-0.39, 0.29) is 45.9 Å². The molecule has 2 saturated heterocycles. The first-order valence-electron chi connectivity index (χ1n) is 17.9. The molecule has 0 aromatic heterocycles. The summed E-state index contributed by atoms with van der Waals surface area (Å²) in [6.45, 7) is 17.8. The molecule has 0 spiro atoms. The Balaban J connectivity index is 0.995. The Morgan fingerprint density at radius 1 is 0.651 bits per heavy atom. The van der Waals surface area contributed by atoms with Crippen LogP contribution in [0, 0.1) is 38.9 Å². The number of rotatable bonds is 16. The van der Waals surface area contributed by atoms with Gasteiger partial charge in [-0.05, 0) is 93.3 Å². The van der Waals surface area contributed by atoms with Gasteiger partial charge in [-0.3, -0.25) is 0 Å². The van der Waals surface area contributed by atoms with E-state index in [1.807, 2.05) is 0 Å². The fourth-order valence-electron chi connectivity index (χ4n) is 9.50. The number of fused-ring (bicyclic) bond motifs is 4. The van der Waals surface area contributed by atoms with Crippen LogP contribution >= 0.6 is 0 Å². The summed E-state index contributed by atoms with van der Waals surface area (Å²) in [4.78, 5) is 0. The van der Waals surface area contributed by atoms with Crippen LogP contribution in [0.3, 0.4) is 0 Å². The van der Waals surface area contributed by atoms with Crippen molar-refractivity contribution in [3.8, 4) is 0 Å². The molecule has 0 radical (unpaired) electrons. The van der Waals surface area contributed by atoms with E-state index >= 15 is 0 Å². The van der Waals surface area contributed by atoms with E-state index in [2.05, 4.69) is 34.6 Å². The van der Waals surface area contributed by atoms with Crippen LogP contribution in [0.1, 0.15) is 105 Å². The highest BCUT2D eigenvalue weighted by molar-refractivity contribution is 5.03. The Morgan fingerprint density at radius 3 is 1.60 bits per heavy atom. The smallest absolute Gasteiger partial charge is 0.0630 e. The molecule has 248 valence electrons. The fourth-order valence-corrected chi connectivity index (χ4v) is 9.50. The topological polar surface area (TPSA) is 75.6 Å². The second-order valence-electron chi connectivity index (χ2n) is 16.8. The van der Waals surface area contributed by atoms with Gasteiger partial charge in [0.25, 0.3) is 0 Å². The van der Waals surface area contributed by atoms with E-state index in [0.29, 0.717) is 37.3 Å². The summed E-state index contributed by atoms with van der Waals surface area (Å²) in [6.07, 6.45) is 13.3. The minimum atomic E-state index is -0.356. The van der Waals surface area contributed by atoms with Crippen molar-refractivity contribution in [3.63, 3.8) is 0 Å². The maximum atomic E-state index is 10.7. The van der Waals surface area contributed by atoms with Gasteiger partial charge >= 0.3 is 0 Å². The molecular weight excluding hydrogens is 544 g/mol. The second kappa shape index (κ2) is 12.7. The molecule has 9 atom stereocenters. The molecular formula is C36H62O7. The molecule has 4 aliphatic carbocycles. The van der Waals surface area contributed by atoms with Crippen LogP contribution < -0.4 is 0 Å². The summed E-state index contributed by atoms with van der Waals surface area (Å²) >= 11 is 0. The predicted octanol–water partition coefficient (Wildman–Crippen LogP) is 6.19. The minimum Gasteiger partial charge on any atom is -0.396 e. The standard InChI is InChI=1S/C36H62O7/c1-6-34(17-37,22-40-28-15-33(5)13-26(28)10-12-31(33)43-25-36(8-3)20-39-21-36)23-42-30-11-9-27-14-32(30,4)16-29(27)41-24-35(7-2)18-38-19-35/h26-31,37H,6-25H2,1-5H3. The van der Waals surface area contributed by atoms with E-state index in [0.717, 1.165) is 84.6 Å². The Labute approximate surface area is 261 Å². The molecule has 1 N–H and O–H groups in total. The van der Waals surface area contributed by atoms with Gasteiger partial charge in [-0.15, -0.1) is 0 Å². The van der Waals surface area contributed by atoms with Gasteiger partial charge in [0.05, 0.1) is 83.9 Å². The predicted molar refractivity (Wildman–Crippen MR) is 166 cm³/mol. The number of aliphatic hydroxyl groups excluding tert-OH is 1. The van der Waals surface area contributed by atoms with Gasteiger partial charge in [0, 0.05) is 16.2 Å². The fraction of sp³-hybridized carbons (Fsp3) is 1.00. The zero-order valence-electron chi connectivity index (χ0n) is 28.0. The van der Waals surface area contributed by atoms with Gasteiger partial charge in [-0.1, -0.05) is 34.6 Å². The molecule has 0 aromatic rings. The highest BCUT2D eigenvalue weighted by Gasteiger charge is 2.54. The van der Waals surface area contributed by atoms with Crippen LogP contribution in [0.15, 0.2) is 0 Å². The van der Waals surface area contributed by atoms with E-state index in [1.54, 1.807) is 0 Å². The number of aliphatic hydroxyl groups is 1. The molecule has 0 amide bonds. The van der Waals surface area contributed by atoms with Gasteiger partial charge < -0.3 is 33.5 Å². The van der Waals surface area contributed by atoms with E-state index in [9.17, 15) is 5.11 Å². The molecule has 4 bridgehead atoms. The quantitative estimate of drug-likeness (QED) is 0.225. The van der Waals surface area contributed by atoms with Crippen molar-refractivity contribution in [2.24, 2.45) is 38.9 Å². The molecule has 6 fully saturated rings. The molecule has 9 unspecified atom stereocenters. The summed E-state index contributed by atoms with van der Waals surface area (Å²) in [6, 6.07) is 0. The lowest BCUT2D eigenvalue weighted by atomic mass is 9.74. The van der Waals surface area contributed by atoms with Crippen molar-refractivity contribution in [2.45, 2.75) is 130 Å². The van der Waals surface area contributed by atoms with Gasteiger partial charge in [-0.2, -0.15) is 0 Å². The highest BCUT2D eigenvalue weighted by atomic mass is 16.5. The van der Waals surface area contributed by atoms with E-state index in [4.69, 9.17) is 28.4 Å². The Kier molecular flexibility index (Phi) is 9.67. The van der Waals surface area contributed by atoms with Crippen LogP contribution in [-0.4, -0.2) is 89.0 Å². The van der Waals surface area contributed by atoms with Crippen LogP contribution in [0.25, 0.3) is 0 Å². The molecule has 43 heavy (non-hydrogen) atoms. The average molecular weight is 607 g/mol. The third-order valence-electron chi connectivity index (χ3n) is 13.6. The van der Waals surface area contributed by atoms with Crippen molar-refractivity contribution in [1.82, 2.24) is 0 Å². The maximum Gasteiger partial charge on any atom is 0.0630 e. The van der Waals surface area contributed by atoms with Crippen molar-refractivity contribution < 1.29 is 33.5 Å². The van der Waals surface area contributed by atoms with Crippen molar-refractivity contribution >= 4 is 0 Å². The van der Waals surface area contributed by atoms with Crippen LogP contribution in [0.2, 0.25) is 0 Å². The van der Waals surface area contributed by atoms with Gasteiger partial charge in [0.1, 0.15) is 0 Å². The Morgan fingerprint density at radius 2 is 1.14 bits per heavy atom. The third-order valence-corrected chi connectivity index (χ3v) is 13.6. The summed E-state index contributed by atoms with van der Waals surface area (Å²) in [7, 11) is 0. The second-order valence-corrected chi connectivity index (χ2v) is 16.8.